The number of carbonyl (C=O) groups is 1. The number of carbonyl (C=O) groups excluding carboxylic acids is 1. The Kier molecular flexibility index (Phi) is 7.68. The standard InChI is InChI=1S/C5H8O5S.K.H/c1-10-5(7)4(6)3-11(2,8)9;;/h3,6H,1-2H3;;/q;+1;-1. The van der Waals surface area contributed by atoms with Crippen LogP contribution >= 0.6 is 0 Å². The molecule has 0 fully saturated rings. The van der Waals surface area contributed by atoms with Crippen LogP contribution in [0.2, 0.25) is 0 Å². The van der Waals surface area contributed by atoms with E-state index in [0.29, 0.717) is 5.41 Å². The molecule has 5 nitrogen and oxygen atoms in total. The van der Waals surface area contributed by atoms with Gasteiger partial charge in [-0.05, 0) is 0 Å². The Labute approximate surface area is 115 Å². The molecule has 0 bridgehead atoms. The molecule has 0 aromatic rings. The summed E-state index contributed by atoms with van der Waals surface area (Å²) >= 11 is 0. The predicted molar refractivity (Wildman–Crippen MR) is 38.7 cm³/mol. The first-order valence-corrected chi connectivity index (χ1v) is 4.51. The average molecular weight is 220 g/mol. The van der Waals surface area contributed by atoms with Crippen molar-refractivity contribution in [3.63, 3.8) is 0 Å². The minimum Gasteiger partial charge on any atom is -1.00 e. The summed E-state index contributed by atoms with van der Waals surface area (Å²) in [6, 6.07) is 0. The number of hydrogen-bond acceptors (Lipinski definition) is 5. The summed E-state index contributed by atoms with van der Waals surface area (Å²) in [6.45, 7) is 0. The van der Waals surface area contributed by atoms with Crippen molar-refractivity contribution in [2.75, 3.05) is 13.4 Å². The van der Waals surface area contributed by atoms with Crippen molar-refractivity contribution in [2.45, 2.75) is 0 Å². The van der Waals surface area contributed by atoms with Gasteiger partial charge in [-0.15, -0.1) is 0 Å². The van der Waals surface area contributed by atoms with Gasteiger partial charge < -0.3 is 11.3 Å². The smallest absolute Gasteiger partial charge is 1.00 e. The second-order valence-electron chi connectivity index (χ2n) is 1.82. The fourth-order valence-electron chi connectivity index (χ4n) is 0.355. The van der Waals surface area contributed by atoms with Gasteiger partial charge in [0.2, 0.25) is 5.76 Å². The second kappa shape index (κ2) is 6.11. The fraction of sp³-hybridized carbons (Fsp3) is 0.400. The SMILES string of the molecule is COC(=O)C(O)=CS(C)(=O)=O.[H-].[K+]. The van der Waals surface area contributed by atoms with Crippen molar-refractivity contribution in [1.82, 2.24) is 0 Å². The molecule has 0 amide bonds. The first kappa shape index (κ1) is 15.1. The molecule has 0 aromatic carbocycles. The van der Waals surface area contributed by atoms with Crippen LogP contribution < -0.4 is 51.4 Å². The number of ether oxygens (including phenoxy) is 1. The third-order valence-electron chi connectivity index (χ3n) is 0.720. The van der Waals surface area contributed by atoms with Crippen LogP contribution in [-0.4, -0.2) is 32.9 Å². The largest absolute Gasteiger partial charge is 1.00 e. The second-order valence-corrected chi connectivity index (χ2v) is 3.72. The van der Waals surface area contributed by atoms with Crippen molar-refractivity contribution in [3.8, 4) is 0 Å². The summed E-state index contributed by atoms with van der Waals surface area (Å²) in [6.07, 6.45) is 0.853. The van der Waals surface area contributed by atoms with Crippen molar-refractivity contribution in [2.24, 2.45) is 0 Å². The summed E-state index contributed by atoms with van der Waals surface area (Å²) in [5.74, 6) is -1.99. The first-order valence-electron chi connectivity index (χ1n) is 2.56. The molecule has 1 N–H and O–H groups in total. The third kappa shape index (κ3) is 7.26. The fourth-order valence-corrected chi connectivity index (χ4v) is 0.857. The molecular weight excluding hydrogens is 211 g/mol. The van der Waals surface area contributed by atoms with E-state index >= 15 is 0 Å². The Morgan fingerprint density at radius 3 is 2.25 bits per heavy atom. The predicted octanol–water partition coefficient (Wildman–Crippen LogP) is -3.28. The molecule has 7 heteroatoms. The van der Waals surface area contributed by atoms with E-state index in [9.17, 15) is 13.2 Å². The summed E-state index contributed by atoms with van der Waals surface area (Å²) in [5, 5.41) is 9.09. The van der Waals surface area contributed by atoms with Crippen LogP contribution in [0.25, 0.3) is 0 Å². The number of rotatable bonds is 2. The minimum atomic E-state index is -3.49. The molecule has 0 spiro atoms. The molecule has 0 aliphatic carbocycles. The molecule has 0 aromatic heterocycles. The molecule has 0 rings (SSSR count). The number of hydrogen-bond donors (Lipinski definition) is 1. The van der Waals surface area contributed by atoms with Gasteiger partial charge in [-0.2, -0.15) is 0 Å². The van der Waals surface area contributed by atoms with Gasteiger partial charge in [0.25, 0.3) is 0 Å². The van der Waals surface area contributed by atoms with E-state index in [0.717, 1.165) is 13.4 Å². The monoisotopic (exact) mass is 220 g/mol. The van der Waals surface area contributed by atoms with Crippen LogP contribution in [-0.2, 0) is 19.4 Å². The van der Waals surface area contributed by atoms with Crippen LogP contribution in [0.15, 0.2) is 11.2 Å². The molecule has 0 saturated heterocycles. The minimum absolute atomic E-state index is 0. The van der Waals surface area contributed by atoms with Gasteiger partial charge in [0.05, 0.1) is 12.5 Å². The van der Waals surface area contributed by atoms with Gasteiger partial charge in [0.1, 0.15) is 0 Å². The maximum Gasteiger partial charge on any atom is 1.00 e. The van der Waals surface area contributed by atoms with Gasteiger partial charge >= 0.3 is 57.4 Å². The number of aliphatic hydroxyl groups excluding tert-OH is 1. The van der Waals surface area contributed by atoms with Crippen LogP contribution in [0.3, 0.4) is 0 Å². The zero-order valence-electron chi connectivity index (χ0n) is 8.07. The molecule has 0 aliphatic rings. The molecule has 0 aliphatic heterocycles. The van der Waals surface area contributed by atoms with E-state index in [2.05, 4.69) is 4.74 Å². The summed E-state index contributed by atoms with van der Waals surface area (Å²) < 4.78 is 24.9. The van der Waals surface area contributed by atoms with E-state index in [1.54, 1.807) is 0 Å². The number of esters is 1. The number of methoxy groups -OCH3 is 1. The van der Waals surface area contributed by atoms with Crippen LogP contribution in [0.4, 0.5) is 0 Å². The van der Waals surface area contributed by atoms with Gasteiger partial charge in [-0.1, -0.05) is 0 Å². The summed E-state index contributed by atoms with van der Waals surface area (Å²) in [7, 11) is -2.45. The van der Waals surface area contributed by atoms with Gasteiger partial charge in [-0.25, -0.2) is 13.2 Å². The molecule has 12 heavy (non-hydrogen) atoms. The average Bonchev–Trinajstić information content (AvgIpc) is 1.82. The van der Waals surface area contributed by atoms with E-state index in [1.165, 1.54) is 0 Å². The Bertz CT molecular complexity index is 283. The van der Waals surface area contributed by atoms with Crippen molar-refractivity contribution < 1.29 is 75.9 Å². The maximum atomic E-state index is 10.4. The van der Waals surface area contributed by atoms with E-state index in [4.69, 9.17) is 5.11 Å². The number of aliphatic hydroxyl groups is 1. The molecule has 0 saturated carbocycles. The van der Waals surface area contributed by atoms with Gasteiger partial charge in [0.15, 0.2) is 9.84 Å². The topological polar surface area (TPSA) is 80.7 Å². The van der Waals surface area contributed by atoms with Crippen LogP contribution in [0.5, 0.6) is 0 Å². The Morgan fingerprint density at radius 2 is 2.00 bits per heavy atom. The molecule has 0 heterocycles. The van der Waals surface area contributed by atoms with Crippen molar-refractivity contribution >= 4 is 15.8 Å². The van der Waals surface area contributed by atoms with Crippen molar-refractivity contribution in [3.05, 3.63) is 11.2 Å². The molecular formula is C5H9KO5S. The first-order chi connectivity index (χ1) is 4.87. The molecule has 66 valence electrons. The Morgan fingerprint density at radius 1 is 1.58 bits per heavy atom. The molecule has 0 unspecified atom stereocenters. The van der Waals surface area contributed by atoms with E-state index in [-0.39, 0.29) is 52.8 Å². The Hall–Kier alpha value is 0.596. The van der Waals surface area contributed by atoms with E-state index < -0.39 is 21.6 Å². The van der Waals surface area contributed by atoms with Gasteiger partial charge in [0, 0.05) is 6.26 Å². The number of sulfone groups is 1. The van der Waals surface area contributed by atoms with E-state index in [1.807, 2.05) is 0 Å². The zero-order chi connectivity index (χ0) is 9.07. The third-order valence-corrected chi connectivity index (χ3v) is 1.37. The van der Waals surface area contributed by atoms with Gasteiger partial charge in [-0.3, -0.25) is 0 Å². The zero-order valence-corrected chi connectivity index (χ0v) is 11.0. The molecule has 0 atom stereocenters. The maximum absolute atomic E-state index is 10.4. The van der Waals surface area contributed by atoms with Crippen LogP contribution in [0.1, 0.15) is 1.43 Å². The van der Waals surface area contributed by atoms with Crippen molar-refractivity contribution in [1.29, 1.82) is 0 Å². The summed E-state index contributed by atoms with van der Waals surface area (Å²) in [4.78, 5) is 10.4. The quantitative estimate of drug-likeness (QED) is 0.228. The molecule has 0 radical (unpaired) electrons. The Balaban J connectivity index is -0.000000500. The van der Waals surface area contributed by atoms with Crippen LogP contribution in [0, 0.1) is 0 Å². The summed E-state index contributed by atoms with van der Waals surface area (Å²) in [5.41, 5.74) is 0. The normalized spacial score (nSPS) is 11.7.